The van der Waals surface area contributed by atoms with Gasteiger partial charge in [0.05, 0.1) is 11.0 Å². The summed E-state index contributed by atoms with van der Waals surface area (Å²) >= 11 is 0. The van der Waals surface area contributed by atoms with Crippen molar-refractivity contribution in [3.63, 3.8) is 0 Å². The van der Waals surface area contributed by atoms with E-state index in [0.717, 1.165) is 16.8 Å². The summed E-state index contributed by atoms with van der Waals surface area (Å²) in [5, 5.41) is 36.0. The molecule has 250 valence electrons. The number of nitrogens with one attached hydrogen (secondary N) is 1. The summed E-state index contributed by atoms with van der Waals surface area (Å²) in [4.78, 5) is 26.7. The quantitative estimate of drug-likeness (QED) is 0.130. The van der Waals surface area contributed by atoms with E-state index in [1.807, 2.05) is 49.3 Å². The number of ether oxygens (including phenoxy) is 4. The van der Waals surface area contributed by atoms with Gasteiger partial charge >= 0.3 is 11.7 Å². The van der Waals surface area contributed by atoms with E-state index in [-0.39, 0.29) is 22.4 Å². The Morgan fingerprint density at radius 3 is 2.43 bits per heavy atom. The molecule has 1 saturated heterocycles. The minimum atomic E-state index is -1.50. The number of hydrogen-bond acceptors (Lipinski definition) is 12. The molecule has 4 aromatic rings. The Labute approximate surface area is 271 Å². The molecule has 1 aromatic heterocycles. The van der Waals surface area contributed by atoms with Crippen LogP contribution in [-0.2, 0) is 14.2 Å². The van der Waals surface area contributed by atoms with Crippen LogP contribution in [0, 0.1) is 6.92 Å². The van der Waals surface area contributed by atoms with Gasteiger partial charge in [-0.05, 0) is 62.2 Å². The van der Waals surface area contributed by atoms with Crippen molar-refractivity contribution in [3.8, 4) is 22.6 Å². The lowest BCUT2D eigenvalue weighted by atomic mass is 9.89. The fourth-order valence-corrected chi connectivity index (χ4v) is 5.75. The zero-order valence-corrected chi connectivity index (χ0v) is 26.9. The number of carbonyl (C=O) groups excluding carboxylic acids is 1. The smallest absolute Gasteiger partial charge is 0.404 e. The van der Waals surface area contributed by atoms with E-state index in [2.05, 4.69) is 5.32 Å². The molecule has 5 atom stereocenters. The second-order valence-corrected chi connectivity index (χ2v) is 12.0. The molecule has 5 rings (SSSR count). The summed E-state index contributed by atoms with van der Waals surface area (Å²) in [6.45, 7) is 4.94. The van der Waals surface area contributed by atoms with Crippen molar-refractivity contribution in [1.82, 2.24) is 0 Å². The second-order valence-electron chi connectivity index (χ2n) is 12.0. The summed E-state index contributed by atoms with van der Waals surface area (Å²) in [5.74, 6) is -0.280. The molecule has 0 saturated carbocycles. The van der Waals surface area contributed by atoms with Crippen molar-refractivity contribution in [2.45, 2.75) is 57.2 Å². The number of nitrogens with two attached hydrogens (primary N) is 1. The van der Waals surface area contributed by atoms with Gasteiger partial charge < -0.3 is 54.6 Å². The summed E-state index contributed by atoms with van der Waals surface area (Å²) < 4.78 is 28.1. The van der Waals surface area contributed by atoms with Crippen LogP contribution in [0.1, 0.15) is 31.2 Å². The van der Waals surface area contributed by atoms with Crippen LogP contribution in [-0.4, -0.2) is 72.8 Å². The molecule has 3 aromatic carbocycles. The molecule has 0 spiro atoms. The minimum Gasteiger partial charge on any atom is -0.505 e. The van der Waals surface area contributed by atoms with Crippen LogP contribution >= 0.6 is 0 Å². The monoisotopic (exact) mass is 649 g/mol. The Bertz CT molecular complexity index is 1820. The summed E-state index contributed by atoms with van der Waals surface area (Å²) in [6, 6.07) is 18.1. The molecule has 13 heteroatoms. The molecule has 47 heavy (non-hydrogen) atoms. The summed E-state index contributed by atoms with van der Waals surface area (Å²) in [5.41, 5.74) is 6.51. The SMILES string of the molecule is CO[C@@H]1[C@@H](OC(N)=O)[C@@H](O)[C@H](Oc2ccc3c(O)c(NC(O)c4cccc(-c5ccc(N(C)C)cc5)c4)c(=O)oc3c2C)OC1(C)C. The molecule has 0 radical (unpaired) electrons. The number of aromatic hydroxyl groups is 1. The Hall–Kier alpha value is -4.82. The van der Waals surface area contributed by atoms with Gasteiger partial charge in [0.2, 0.25) is 6.29 Å². The average molecular weight is 650 g/mol. The fourth-order valence-electron chi connectivity index (χ4n) is 5.75. The largest absolute Gasteiger partial charge is 0.505 e. The van der Waals surface area contributed by atoms with Crippen molar-refractivity contribution in [3.05, 3.63) is 82.2 Å². The number of anilines is 2. The molecular formula is C34H39N3O10. The van der Waals surface area contributed by atoms with Gasteiger partial charge in [0.1, 0.15) is 17.4 Å². The first-order chi connectivity index (χ1) is 22.2. The third-order valence-electron chi connectivity index (χ3n) is 8.22. The number of hydrogen-bond donors (Lipinski definition) is 5. The van der Waals surface area contributed by atoms with Crippen molar-refractivity contribution in [2.24, 2.45) is 5.73 Å². The van der Waals surface area contributed by atoms with E-state index >= 15 is 0 Å². The first-order valence-corrected chi connectivity index (χ1v) is 14.8. The van der Waals surface area contributed by atoms with Crippen LogP contribution in [0.2, 0.25) is 0 Å². The predicted molar refractivity (Wildman–Crippen MR) is 175 cm³/mol. The standard InChI is InChI=1S/C34H39N3O10/c1-17-23(44-32-26(39)28(46-33(35)42)29(43-6)34(2,3)47-32)15-14-22-25(38)24(31(41)45-27(17)22)36-30(40)20-9-7-8-19(16-20)18-10-12-21(13-11-18)37(4)5/h7-16,26,28-30,32,36,38-40H,1-6H3,(H2,35,42)/t26-,28+,29-,30?,32-/m1/s1. The molecule has 2 heterocycles. The third kappa shape index (κ3) is 6.69. The number of rotatable bonds is 9. The van der Waals surface area contributed by atoms with E-state index in [1.54, 1.807) is 39.0 Å². The maximum Gasteiger partial charge on any atom is 0.404 e. The van der Waals surface area contributed by atoms with Crippen LogP contribution in [0.3, 0.4) is 0 Å². The van der Waals surface area contributed by atoms with E-state index in [9.17, 15) is 24.9 Å². The van der Waals surface area contributed by atoms with Gasteiger partial charge in [0.15, 0.2) is 29.9 Å². The van der Waals surface area contributed by atoms with Crippen molar-refractivity contribution >= 4 is 28.4 Å². The number of aliphatic hydroxyl groups is 2. The number of methoxy groups -OCH3 is 1. The Morgan fingerprint density at radius 2 is 1.79 bits per heavy atom. The number of nitrogens with zero attached hydrogens (tertiary/aromatic N) is 1. The molecule has 6 N–H and O–H groups in total. The Kier molecular flexibility index (Phi) is 9.36. The number of amides is 1. The molecule has 1 amide bonds. The Morgan fingerprint density at radius 1 is 1.09 bits per heavy atom. The van der Waals surface area contributed by atoms with Crippen LogP contribution in [0.25, 0.3) is 22.1 Å². The van der Waals surface area contributed by atoms with Crippen molar-refractivity contribution < 1.29 is 43.5 Å². The second kappa shape index (κ2) is 13.1. The van der Waals surface area contributed by atoms with Gasteiger partial charge in [-0.2, -0.15) is 0 Å². The highest BCUT2D eigenvalue weighted by atomic mass is 16.7. The van der Waals surface area contributed by atoms with E-state index in [1.165, 1.54) is 19.2 Å². The summed E-state index contributed by atoms with van der Waals surface area (Å²) in [7, 11) is 5.30. The van der Waals surface area contributed by atoms with Crippen molar-refractivity contribution in [1.29, 1.82) is 0 Å². The van der Waals surface area contributed by atoms with Gasteiger partial charge in [-0.25, -0.2) is 9.59 Å². The van der Waals surface area contributed by atoms with Crippen molar-refractivity contribution in [2.75, 3.05) is 31.4 Å². The van der Waals surface area contributed by atoms with Crippen LogP contribution in [0.4, 0.5) is 16.2 Å². The predicted octanol–water partition coefficient (Wildman–Crippen LogP) is 4.00. The minimum absolute atomic E-state index is 0.0115. The highest BCUT2D eigenvalue weighted by Gasteiger charge is 2.53. The lowest BCUT2D eigenvalue weighted by molar-refractivity contribution is -0.304. The zero-order valence-electron chi connectivity index (χ0n) is 26.9. The number of primary amides is 1. The maximum absolute atomic E-state index is 13.1. The van der Waals surface area contributed by atoms with Gasteiger partial charge in [0, 0.05) is 38.0 Å². The molecule has 0 aliphatic carbocycles. The molecule has 0 bridgehead atoms. The number of benzene rings is 3. The summed E-state index contributed by atoms with van der Waals surface area (Å²) in [6.07, 6.45) is -7.38. The van der Waals surface area contributed by atoms with E-state index < -0.39 is 53.9 Å². The lowest BCUT2D eigenvalue weighted by Gasteiger charge is -2.47. The molecule has 1 fully saturated rings. The number of carbonyl (C=O) groups is 1. The third-order valence-corrected chi connectivity index (χ3v) is 8.22. The van der Waals surface area contributed by atoms with Crippen LogP contribution < -0.4 is 26.3 Å². The average Bonchev–Trinajstić information content (AvgIpc) is 3.02. The lowest BCUT2D eigenvalue weighted by Crippen LogP contribution is -2.65. The molecule has 1 unspecified atom stereocenters. The number of aliphatic hydroxyl groups excluding tert-OH is 2. The fraction of sp³-hybridized carbons (Fsp3) is 0.353. The molecular weight excluding hydrogens is 610 g/mol. The Balaban J connectivity index is 1.40. The normalized spacial score (nSPS) is 21.2. The molecule has 13 nitrogen and oxygen atoms in total. The molecule has 1 aliphatic rings. The number of fused-ring (bicyclic) bond motifs is 1. The highest BCUT2D eigenvalue weighted by Crippen LogP contribution is 2.39. The first-order valence-electron chi connectivity index (χ1n) is 14.8. The van der Waals surface area contributed by atoms with Gasteiger partial charge in [-0.15, -0.1) is 0 Å². The van der Waals surface area contributed by atoms with Gasteiger partial charge in [-0.3, -0.25) is 0 Å². The van der Waals surface area contributed by atoms with Gasteiger partial charge in [-0.1, -0.05) is 30.3 Å². The first kappa shape index (κ1) is 33.5. The molecule has 1 aliphatic heterocycles. The van der Waals surface area contributed by atoms with E-state index in [4.69, 9.17) is 29.1 Å². The number of aryl methyl sites for hydroxylation is 1. The topological polar surface area (TPSA) is 186 Å². The zero-order chi connectivity index (χ0) is 34.2. The van der Waals surface area contributed by atoms with Crippen LogP contribution in [0.5, 0.6) is 11.5 Å². The van der Waals surface area contributed by atoms with E-state index in [0.29, 0.717) is 11.1 Å². The highest BCUT2D eigenvalue weighted by molar-refractivity contribution is 5.91. The van der Waals surface area contributed by atoms with Crippen LogP contribution in [0.15, 0.2) is 69.9 Å². The van der Waals surface area contributed by atoms with Gasteiger partial charge in [0.25, 0.3) is 0 Å². The maximum atomic E-state index is 13.1.